The van der Waals surface area contributed by atoms with E-state index in [0.717, 1.165) is 6.07 Å². The van der Waals surface area contributed by atoms with E-state index in [9.17, 15) is 14.0 Å². The minimum Gasteiger partial charge on any atom is -0.449 e. The van der Waals surface area contributed by atoms with E-state index in [4.69, 9.17) is 16.3 Å². The van der Waals surface area contributed by atoms with Gasteiger partial charge in [0.2, 0.25) is 0 Å². The van der Waals surface area contributed by atoms with E-state index in [1.54, 1.807) is 24.3 Å². The molecule has 0 aliphatic rings. The first-order chi connectivity index (χ1) is 10.5. The first kappa shape index (κ1) is 16.0. The van der Waals surface area contributed by atoms with Gasteiger partial charge in [-0.2, -0.15) is 0 Å². The van der Waals surface area contributed by atoms with Crippen molar-refractivity contribution in [3.63, 3.8) is 0 Å². The molecule has 2 aromatic rings. The Balaban J connectivity index is 2.01. The van der Waals surface area contributed by atoms with Gasteiger partial charge in [0.05, 0.1) is 16.3 Å². The molecule has 22 heavy (non-hydrogen) atoms. The van der Waals surface area contributed by atoms with E-state index in [0.29, 0.717) is 10.7 Å². The lowest BCUT2D eigenvalue weighted by Crippen LogP contribution is -2.30. The molecule has 114 valence electrons. The molecule has 0 aliphatic heterocycles. The molecule has 0 spiro atoms. The molecule has 0 unspecified atom stereocenters. The highest BCUT2D eigenvalue weighted by atomic mass is 35.5. The molecule has 0 bridgehead atoms. The number of nitrogens with one attached hydrogen (secondary N) is 1. The molecule has 6 heteroatoms. The van der Waals surface area contributed by atoms with Gasteiger partial charge in [-0.1, -0.05) is 35.9 Å². The molecule has 0 aliphatic carbocycles. The normalized spacial score (nSPS) is 11.6. The van der Waals surface area contributed by atoms with Crippen molar-refractivity contribution in [2.75, 3.05) is 5.32 Å². The molecule has 0 aromatic heterocycles. The van der Waals surface area contributed by atoms with Gasteiger partial charge < -0.3 is 10.1 Å². The number of hydrogen-bond donors (Lipinski definition) is 1. The number of amides is 1. The summed E-state index contributed by atoms with van der Waals surface area (Å²) < 4.78 is 18.4. The molecule has 2 rings (SSSR count). The fourth-order valence-corrected chi connectivity index (χ4v) is 1.88. The van der Waals surface area contributed by atoms with Crippen LogP contribution in [0.25, 0.3) is 0 Å². The van der Waals surface area contributed by atoms with Gasteiger partial charge in [-0.25, -0.2) is 9.18 Å². The molecule has 1 N–H and O–H groups in total. The lowest BCUT2D eigenvalue weighted by molar-refractivity contribution is -0.123. The average molecular weight is 322 g/mol. The smallest absolute Gasteiger partial charge is 0.341 e. The second kappa shape index (κ2) is 7.04. The number of benzene rings is 2. The number of anilines is 1. The van der Waals surface area contributed by atoms with Gasteiger partial charge in [0.1, 0.15) is 5.82 Å². The summed E-state index contributed by atoms with van der Waals surface area (Å²) >= 11 is 5.92. The topological polar surface area (TPSA) is 55.4 Å². The summed E-state index contributed by atoms with van der Waals surface area (Å²) in [5, 5.41) is 2.90. The van der Waals surface area contributed by atoms with Gasteiger partial charge in [0.15, 0.2) is 6.10 Å². The third kappa shape index (κ3) is 3.83. The molecule has 0 saturated heterocycles. The van der Waals surface area contributed by atoms with Crippen LogP contribution >= 0.6 is 11.6 Å². The number of hydrogen-bond acceptors (Lipinski definition) is 3. The Labute approximate surface area is 131 Å². The Morgan fingerprint density at radius 3 is 2.45 bits per heavy atom. The van der Waals surface area contributed by atoms with Gasteiger partial charge in [-0.05, 0) is 31.2 Å². The molecule has 1 amide bonds. The molecule has 2 aromatic carbocycles. The molecular formula is C16H13ClFNO3. The summed E-state index contributed by atoms with van der Waals surface area (Å²) in [7, 11) is 0. The number of ether oxygens (including phenoxy) is 1. The summed E-state index contributed by atoms with van der Waals surface area (Å²) in [6.45, 7) is 1.39. The third-order valence-corrected chi connectivity index (χ3v) is 3.21. The fourth-order valence-electron chi connectivity index (χ4n) is 1.70. The maximum Gasteiger partial charge on any atom is 0.341 e. The van der Waals surface area contributed by atoms with Gasteiger partial charge in [-0.3, -0.25) is 4.79 Å². The fraction of sp³-hybridized carbons (Fsp3) is 0.125. The Kier molecular flexibility index (Phi) is 5.12. The monoisotopic (exact) mass is 321 g/mol. The summed E-state index contributed by atoms with van der Waals surface area (Å²) in [6, 6.07) is 12.1. The van der Waals surface area contributed by atoms with E-state index in [2.05, 4.69) is 5.32 Å². The van der Waals surface area contributed by atoms with Crippen LogP contribution in [0.3, 0.4) is 0 Å². The van der Waals surface area contributed by atoms with Crippen molar-refractivity contribution in [1.82, 2.24) is 0 Å². The van der Waals surface area contributed by atoms with Crippen LogP contribution in [0.4, 0.5) is 10.1 Å². The molecule has 0 heterocycles. The highest BCUT2D eigenvalue weighted by Crippen LogP contribution is 2.20. The van der Waals surface area contributed by atoms with Gasteiger partial charge in [0, 0.05) is 0 Å². The predicted octanol–water partition coefficient (Wildman–Crippen LogP) is 3.66. The predicted molar refractivity (Wildman–Crippen MR) is 81.4 cm³/mol. The Bertz CT molecular complexity index is 705. The van der Waals surface area contributed by atoms with Crippen molar-refractivity contribution >= 4 is 29.2 Å². The van der Waals surface area contributed by atoms with Crippen LogP contribution in [-0.2, 0) is 9.53 Å². The zero-order chi connectivity index (χ0) is 16.1. The number of halogens is 2. The maximum absolute atomic E-state index is 13.5. The summed E-state index contributed by atoms with van der Waals surface area (Å²) in [5.74, 6) is -2.16. The number of carbonyl (C=O) groups is 2. The van der Waals surface area contributed by atoms with Crippen LogP contribution in [-0.4, -0.2) is 18.0 Å². The lowest BCUT2D eigenvalue weighted by Gasteiger charge is -2.14. The van der Waals surface area contributed by atoms with Crippen molar-refractivity contribution in [3.05, 3.63) is 64.9 Å². The molecular weight excluding hydrogens is 309 g/mol. The van der Waals surface area contributed by atoms with Crippen LogP contribution < -0.4 is 5.32 Å². The van der Waals surface area contributed by atoms with Crippen LogP contribution in [0.2, 0.25) is 5.02 Å². The van der Waals surface area contributed by atoms with E-state index < -0.39 is 23.8 Å². The summed E-state index contributed by atoms with van der Waals surface area (Å²) in [5.41, 5.74) is 0.183. The van der Waals surface area contributed by atoms with Crippen LogP contribution in [0.5, 0.6) is 0 Å². The van der Waals surface area contributed by atoms with E-state index in [1.807, 2.05) is 0 Å². The van der Waals surface area contributed by atoms with Crippen molar-refractivity contribution < 1.29 is 18.7 Å². The number of esters is 1. The molecule has 4 nitrogen and oxygen atoms in total. The first-order valence-corrected chi connectivity index (χ1v) is 6.87. The van der Waals surface area contributed by atoms with Crippen molar-refractivity contribution in [1.29, 1.82) is 0 Å². The van der Waals surface area contributed by atoms with Crippen molar-refractivity contribution in [2.24, 2.45) is 0 Å². The zero-order valence-electron chi connectivity index (χ0n) is 11.7. The van der Waals surface area contributed by atoms with Gasteiger partial charge >= 0.3 is 5.97 Å². The van der Waals surface area contributed by atoms with E-state index in [-0.39, 0.29) is 5.56 Å². The largest absolute Gasteiger partial charge is 0.449 e. The van der Waals surface area contributed by atoms with Crippen molar-refractivity contribution in [3.8, 4) is 0 Å². The average Bonchev–Trinajstić information content (AvgIpc) is 2.49. The standard InChI is InChI=1S/C16H13ClFNO3/c1-10(15(20)19-14-9-5-3-7-12(14)17)22-16(21)11-6-2-4-8-13(11)18/h2-10H,1H3,(H,19,20)/t10-/m0/s1. The minimum atomic E-state index is -1.09. The van der Waals surface area contributed by atoms with Gasteiger partial charge in [0.25, 0.3) is 5.91 Å². The van der Waals surface area contributed by atoms with E-state index >= 15 is 0 Å². The summed E-state index contributed by atoms with van der Waals surface area (Å²) in [6.07, 6.45) is -1.09. The Morgan fingerprint density at radius 1 is 1.14 bits per heavy atom. The summed E-state index contributed by atoms with van der Waals surface area (Å²) in [4.78, 5) is 23.8. The molecule has 0 radical (unpaired) electrons. The minimum absolute atomic E-state index is 0.222. The van der Waals surface area contributed by atoms with E-state index in [1.165, 1.54) is 25.1 Å². The number of para-hydroxylation sites is 1. The van der Waals surface area contributed by atoms with Crippen LogP contribution in [0.15, 0.2) is 48.5 Å². The SMILES string of the molecule is C[C@H](OC(=O)c1ccccc1F)C(=O)Nc1ccccc1Cl. The van der Waals surface area contributed by atoms with Crippen molar-refractivity contribution in [2.45, 2.75) is 13.0 Å². The highest BCUT2D eigenvalue weighted by Gasteiger charge is 2.21. The molecule has 0 saturated carbocycles. The first-order valence-electron chi connectivity index (χ1n) is 6.50. The number of rotatable bonds is 4. The zero-order valence-corrected chi connectivity index (χ0v) is 12.4. The van der Waals surface area contributed by atoms with Crippen LogP contribution in [0, 0.1) is 5.82 Å². The quantitative estimate of drug-likeness (QED) is 0.874. The Hall–Kier alpha value is -2.40. The third-order valence-electron chi connectivity index (χ3n) is 2.88. The maximum atomic E-state index is 13.5. The van der Waals surface area contributed by atoms with Gasteiger partial charge in [-0.15, -0.1) is 0 Å². The second-order valence-electron chi connectivity index (χ2n) is 4.50. The lowest BCUT2D eigenvalue weighted by atomic mass is 10.2. The Morgan fingerprint density at radius 2 is 1.77 bits per heavy atom. The second-order valence-corrected chi connectivity index (χ2v) is 4.90. The van der Waals surface area contributed by atoms with Crippen LogP contribution in [0.1, 0.15) is 17.3 Å². The number of carbonyl (C=O) groups excluding carboxylic acids is 2. The molecule has 1 atom stereocenters. The highest BCUT2D eigenvalue weighted by molar-refractivity contribution is 6.33. The molecule has 0 fully saturated rings.